The number of furan rings is 1. The first-order valence-electron chi connectivity index (χ1n) is 9.61. The number of benzene rings is 1. The highest BCUT2D eigenvalue weighted by molar-refractivity contribution is 5.95. The van der Waals surface area contributed by atoms with Crippen LogP contribution in [0.5, 0.6) is 11.5 Å². The fraction of sp³-hybridized carbons (Fsp3) is 0.318. The molecule has 1 aromatic heterocycles. The number of methoxy groups -OCH3 is 1. The predicted molar refractivity (Wildman–Crippen MR) is 112 cm³/mol. The Bertz CT molecular complexity index is 960. The van der Waals surface area contributed by atoms with Gasteiger partial charge in [-0.15, -0.1) is 0 Å². The van der Waals surface area contributed by atoms with Gasteiger partial charge >= 0.3 is 11.9 Å². The summed E-state index contributed by atoms with van der Waals surface area (Å²) < 4.78 is 25.9. The standard InChI is InChI=1S/C22H25NO8/c1-5-28-18-9-7-15(11-19(18)29-6-2)23-20(24)13-30-21(25)10-8-16-12-17(14(3)31-16)22(26)27-4/h7-12H,5-6,13H2,1-4H3,(H,23,24). The molecular weight excluding hydrogens is 406 g/mol. The van der Waals surface area contributed by atoms with Gasteiger partial charge in [0.25, 0.3) is 5.91 Å². The third-order valence-corrected chi connectivity index (χ3v) is 3.90. The zero-order valence-electron chi connectivity index (χ0n) is 17.9. The molecule has 0 aliphatic heterocycles. The first-order valence-corrected chi connectivity index (χ1v) is 9.61. The van der Waals surface area contributed by atoms with E-state index in [1.807, 2.05) is 13.8 Å². The normalized spacial score (nSPS) is 10.6. The van der Waals surface area contributed by atoms with Crippen molar-refractivity contribution >= 4 is 29.6 Å². The van der Waals surface area contributed by atoms with Gasteiger partial charge in [-0.05, 0) is 45.0 Å². The smallest absolute Gasteiger partial charge is 0.341 e. The first-order chi connectivity index (χ1) is 14.9. The number of amides is 1. The van der Waals surface area contributed by atoms with Gasteiger partial charge in [0, 0.05) is 17.8 Å². The highest BCUT2D eigenvalue weighted by Crippen LogP contribution is 2.30. The lowest BCUT2D eigenvalue weighted by molar-refractivity contribution is -0.142. The van der Waals surface area contributed by atoms with Crippen LogP contribution in [0.3, 0.4) is 0 Å². The van der Waals surface area contributed by atoms with Crippen molar-refractivity contribution in [3.8, 4) is 11.5 Å². The van der Waals surface area contributed by atoms with E-state index >= 15 is 0 Å². The third-order valence-electron chi connectivity index (χ3n) is 3.90. The van der Waals surface area contributed by atoms with Crippen LogP contribution in [-0.2, 0) is 19.1 Å². The second-order valence-corrected chi connectivity index (χ2v) is 6.13. The maximum absolute atomic E-state index is 12.1. The van der Waals surface area contributed by atoms with Crippen LogP contribution in [0.15, 0.2) is 34.8 Å². The number of anilines is 1. The van der Waals surface area contributed by atoms with Crippen LogP contribution >= 0.6 is 0 Å². The summed E-state index contributed by atoms with van der Waals surface area (Å²) in [5.74, 6) is -0.0922. The maximum atomic E-state index is 12.1. The quantitative estimate of drug-likeness (QED) is 0.450. The predicted octanol–water partition coefficient (Wildman–Crippen LogP) is 3.37. The van der Waals surface area contributed by atoms with Crippen molar-refractivity contribution in [2.24, 2.45) is 0 Å². The highest BCUT2D eigenvalue weighted by Gasteiger charge is 2.14. The minimum absolute atomic E-state index is 0.261. The molecule has 1 amide bonds. The lowest BCUT2D eigenvalue weighted by Crippen LogP contribution is -2.20. The Hall–Kier alpha value is -3.75. The summed E-state index contributed by atoms with van der Waals surface area (Å²) in [6, 6.07) is 6.42. The van der Waals surface area contributed by atoms with Crippen LogP contribution in [0, 0.1) is 6.92 Å². The summed E-state index contributed by atoms with van der Waals surface area (Å²) in [5, 5.41) is 2.62. The minimum atomic E-state index is -0.745. The lowest BCUT2D eigenvalue weighted by atomic mass is 10.2. The largest absolute Gasteiger partial charge is 0.490 e. The van der Waals surface area contributed by atoms with E-state index < -0.39 is 24.5 Å². The van der Waals surface area contributed by atoms with E-state index in [1.165, 1.54) is 19.3 Å². The van der Waals surface area contributed by atoms with Gasteiger partial charge in [-0.25, -0.2) is 9.59 Å². The van der Waals surface area contributed by atoms with E-state index in [0.29, 0.717) is 36.2 Å². The van der Waals surface area contributed by atoms with Crippen molar-refractivity contribution in [3.63, 3.8) is 0 Å². The summed E-state index contributed by atoms with van der Waals surface area (Å²) in [6.45, 7) is 5.75. The van der Waals surface area contributed by atoms with E-state index in [1.54, 1.807) is 25.1 Å². The summed E-state index contributed by atoms with van der Waals surface area (Å²) in [7, 11) is 1.26. The molecule has 9 nitrogen and oxygen atoms in total. The van der Waals surface area contributed by atoms with Crippen LogP contribution in [0.1, 0.15) is 35.7 Å². The zero-order valence-corrected chi connectivity index (χ0v) is 17.9. The molecule has 0 aliphatic carbocycles. The molecule has 1 N–H and O–H groups in total. The number of aryl methyl sites for hydroxylation is 1. The molecule has 0 aliphatic rings. The molecule has 2 aromatic rings. The fourth-order valence-corrected chi connectivity index (χ4v) is 2.56. The molecule has 1 heterocycles. The Kier molecular flexibility index (Phi) is 8.68. The van der Waals surface area contributed by atoms with E-state index in [9.17, 15) is 14.4 Å². The van der Waals surface area contributed by atoms with E-state index in [0.717, 1.165) is 6.08 Å². The summed E-state index contributed by atoms with van der Waals surface area (Å²) >= 11 is 0. The molecule has 0 radical (unpaired) electrons. The van der Waals surface area contributed by atoms with Crippen LogP contribution in [0.2, 0.25) is 0 Å². The van der Waals surface area contributed by atoms with Gasteiger partial charge in [-0.1, -0.05) is 0 Å². The van der Waals surface area contributed by atoms with Gasteiger partial charge in [0.15, 0.2) is 18.1 Å². The van der Waals surface area contributed by atoms with E-state index in [2.05, 4.69) is 10.1 Å². The SMILES string of the molecule is CCOc1ccc(NC(=O)COC(=O)C=Cc2cc(C(=O)OC)c(C)o2)cc1OCC. The number of carbonyl (C=O) groups is 3. The van der Waals surface area contributed by atoms with Crippen molar-refractivity contribution < 1.29 is 37.7 Å². The van der Waals surface area contributed by atoms with Gasteiger partial charge in [-0.3, -0.25) is 4.79 Å². The molecule has 1 aromatic carbocycles. The average Bonchev–Trinajstić information content (AvgIpc) is 3.13. The Morgan fingerprint density at radius 1 is 1.06 bits per heavy atom. The Balaban J connectivity index is 1.89. The van der Waals surface area contributed by atoms with Crippen molar-refractivity contribution in [1.82, 2.24) is 0 Å². The topological polar surface area (TPSA) is 113 Å². The zero-order chi connectivity index (χ0) is 22.8. The number of nitrogens with one attached hydrogen (secondary N) is 1. The number of hydrogen-bond acceptors (Lipinski definition) is 8. The first kappa shape index (κ1) is 23.5. The fourth-order valence-electron chi connectivity index (χ4n) is 2.56. The number of ether oxygens (including phenoxy) is 4. The Morgan fingerprint density at radius 2 is 1.77 bits per heavy atom. The summed E-state index contributed by atoms with van der Waals surface area (Å²) in [6.07, 6.45) is 2.43. The Labute approximate surface area is 179 Å². The van der Waals surface area contributed by atoms with Gasteiger partial charge in [0.1, 0.15) is 17.1 Å². The lowest BCUT2D eigenvalue weighted by Gasteiger charge is -2.13. The summed E-state index contributed by atoms with van der Waals surface area (Å²) in [4.78, 5) is 35.5. The second-order valence-electron chi connectivity index (χ2n) is 6.13. The molecule has 31 heavy (non-hydrogen) atoms. The number of carbonyl (C=O) groups excluding carboxylic acids is 3. The molecule has 166 valence electrons. The van der Waals surface area contributed by atoms with Crippen molar-refractivity contribution in [2.45, 2.75) is 20.8 Å². The number of rotatable bonds is 10. The van der Waals surface area contributed by atoms with Crippen LogP contribution in [0.25, 0.3) is 6.08 Å². The number of esters is 2. The third kappa shape index (κ3) is 6.91. The van der Waals surface area contributed by atoms with E-state index in [4.69, 9.17) is 18.6 Å². The van der Waals surface area contributed by atoms with E-state index in [-0.39, 0.29) is 11.3 Å². The molecule has 0 saturated carbocycles. The van der Waals surface area contributed by atoms with Crippen LogP contribution in [-0.4, -0.2) is 44.8 Å². The molecule has 0 saturated heterocycles. The maximum Gasteiger partial charge on any atom is 0.341 e. The van der Waals surface area contributed by atoms with Gasteiger partial charge < -0.3 is 28.7 Å². The molecule has 2 rings (SSSR count). The molecule has 0 fully saturated rings. The molecule has 0 bridgehead atoms. The van der Waals surface area contributed by atoms with Crippen molar-refractivity contribution in [1.29, 1.82) is 0 Å². The average molecular weight is 431 g/mol. The minimum Gasteiger partial charge on any atom is -0.490 e. The van der Waals surface area contributed by atoms with Crippen molar-refractivity contribution in [2.75, 3.05) is 32.2 Å². The Morgan fingerprint density at radius 3 is 2.45 bits per heavy atom. The van der Waals surface area contributed by atoms with Gasteiger partial charge in [-0.2, -0.15) is 0 Å². The monoisotopic (exact) mass is 431 g/mol. The molecular formula is C22H25NO8. The molecule has 0 atom stereocenters. The molecule has 0 spiro atoms. The molecule has 0 unspecified atom stereocenters. The molecule has 9 heteroatoms. The van der Waals surface area contributed by atoms with Gasteiger partial charge in [0.2, 0.25) is 0 Å². The van der Waals surface area contributed by atoms with Crippen LogP contribution in [0.4, 0.5) is 5.69 Å². The van der Waals surface area contributed by atoms with Crippen molar-refractivity contribution in [3.05, 3.63) is 47.4 Å². The number of hydrogen-bond donors (Lipinski definition) is 1. The second kappa shape index (κ2) is 11.4. The van der Waals surface area contributed by atoms with Crippen LogP contribution < -0.4 is 14.8 Å². The van der Waals surface area contributed by atoms with Gasteiger partial charge in [0.05, 0.1) is 20.3 Å². The summed E-state index contributed by atoms with van der Waals surface area (Å²) in [5.41, 5.74) is 0.738. The highest BCUT2D eigenvalue weighted by atomic mass is 16.5.